The second kappa shape index (κ2) is 7.88. The van der Waals surface area contributed by atoms with Gasteiger partial charge in [0.15, 0.2) is 0 Å². The Morgan fingerprint density at radius 3 is 2.75 bits per heavy atom. The first-order valence-corrected chi connectivity index (χ1v) is 10.7. The molecular weight excluding hydrogens is 430 g/mol. The smallest absolute Gasteiger partial charge is 0.296 e. The van der Waals surface area contributed by atoms with Gasteiger partial charge in [-0.2, -0.15) is 0 Å². The van der Waals surface area contributed by atoms with E-state index in [-0.39, 0.29) is 24.0 Å². The lowest BCUT2D eigenvalue weighted by atomic mass is 9.94. The lowest BCUT2D eigenvalue weighted by Gasteiger charge is -2.24. The molecule has 3 heterocycles. The fraction of sp³-hybridized carbons (Fsp3) is 0.200. The van der Waals surface area contributed by atoms with Crippen molar-refractivity contribution in [2.24, 2.45) is 0 Å². The predicted octanol–water partition coefficient (Wildman–Crippen LogP) is 4.88. The van der Waals surface area contributed by atoms with Gasteiger partial charge in [-0.15, -0.1) is 0 Å². The number of carbonyl (C=O) groups excluding carboxylic acids is 2. The van der Waals surface area contributed by atoms with Crippen LogP contribution in [0.1, 0.15) is 35.4 Å². The molecule has 1 N–H and O–H groups in total. The van der Waals surface area contributed by atoms with Crippen molar-refractivity contribution in [1.29, 1.82) is 0 Å². The zero-order chi connectivity index (χ0) is 22.4. The Morgan fingerprint density at radius 2 is 2.00 bits per heavy atom. The second-order valence-electron chi connectivity index (χ2n) is 8.02. The summed E-state index contributed by atoms with van der Waals surface area (Å²) in [5.74, 6) is -0.380. The van der Waals surface area contributed by atoms with E-state index in [0.717, 1.165) is 11.3 Å². The number of halogens is 1. The van der Waals surface area contributed by atoms with Crippen LogP contribution in [0.3, 0.4) is 0 Å². The molecule has 2 aliphatic rings. The SMILES string of the molecule is C[C@H]1Cc2cc(C(O)=C3C(=O)C(=O)N(Cc4ccco4)[C@H]3c3cccc(Cl)c3)ccc2O1. The number of rotatable bonds is 4. The van der Waals surface area contributed by atoms with Crippen molar-refractivity contribution < 1.29 is 23.8 Å². The summed E-state index contributed by atoms with van der Waals surface area (Å²) in [6, 6.07) is 14.9. The summed E-state index contributed by atoms with van der Waals surface area (Å²) in [6.07, 6.45) is 2.27. The minimum Gasteiger partial charge on any atom is -0.507 e. The van der Waals surface area contributed by atoms with Crippen LogP contribution in [0, 0.1) is 0 Å². The lowest BCUT2D eigenvalue weighted by Crippen LogP contribution is -2.29. The largest absolute Gasteiger partial charge is 0.507 e. The Hall–Kier alpha value is -3.51. The summed E-state index contributed by atoms with van der Waals surface area (Å²) in [5.41, 5.74) is 2.06. The van der Waals surface area contributed by atoms with E-state index in [0.29, 0.717) is 28.3 Å². The zero-order valence-electron chi connectivity index (χ0n) is 17.2. The van der Waals surface area contributed by atoms with E-state index in [9.17, 15) is 14.7 Å². The molecule has 5 rings (SSSR count). The minimum atomic E-state index is -0.803. The van der Waals surface area contributed by atoms with Gasteiger partial charge >= 0.3 is 0 Å². The molecule has 0 bridgehead atoms. The van der Waals surface area contributed by atoms with Crippen LogP contribution in [0.15, 0.2) is 70.9 Å². The summed E-state index contributed by atoms with van der Waals surface area (Å²) < 4.78 is 11.1. The lowest BCUT2D eigenvalue weighted by molar-refractivity contribution is -0.140. The molecule has 0 unspecified atom stereocenters. The number of nitrogens with zero attached hydrogens (tertiary/aromatic N) is 1. The van der Waals surface area contributed by atoms with Gasteiger partial charge < -0.3 is 19.2 Å². The van der Waals surface area contributed by atoms with Gasteiger partial charge in [-0.25, -0.2) is 0 Å². The number of furan rings is 1. The third-order valence-electron chi connectivity index (χ3n) is 5.78. The van der Waals surface area contributed by atoms with Gasteiger partial charge in [0.05, 0.1) is 24.4 Å². The number of benzene rings is 2. The van der Waals surface area contributed by atoms with Gasteiger partial charge in [0.2, 0.25) is 0 Å². The molecule has 2 aliphatic heterocycles. The molecule has 3 aromatic rings. The van der Waals surface area contributed by atoms with Crippen LogP contribution in [0.25, 0.3) is 5.76 Å². The number of fused-ring (bicyclic) bond motifs is 1. The molecule has 2 aromatic carbocycles. The fourth-order valence-corrected chi connectivity index (χ4v) is 4.56. The van der Waals surface area contributed by atoms with Crippen LogP contribution in [-0.4, -0.2) is 27.8 Å². The number of hydrogen-bond acceptors (Lipinski definition) is 5. The molecule has 32 heavy (non-hydrogen) atoms. The van der Waals surface area contributed by atoms with E-state index >= 15 is 0 Å². The molecule has 1 amide bonds. The first kappa shape index (κ1) is 20.4. The van der Waals surface area contributed by atoms with Crippen molar-refractivity contribution in [1.82, 2.24) is 4.90 Å². The van der Waals surface area contributed by atoms with E-state index in [1.54, 1.807) is 48.5 Å². The number of likely N-dealkylation sites (tertiary alicyclic amines) is 1. The fourth-order valence-electron chi connectivity index (χ4n) is 4.36. The molecule has 1 fully saturated rings. The number of Topliss-reactive ketones (excluding diaryl/α,β-unsaturated/α-hetero) is 1. The van der Waals surface area contributed by atoms with Crippen LogP contribution < -0.4 is 4.74 Å². The number of aliphatic hydroxyl groups is 1. The highest BCUT2D eigenvalue weighted by molar-refractivity contribution is 6.46. The second-order valence-corrected chi connectivity index (χ2v) is 8.45. The summed E-state index contributed by atoms with van der Waals surface area (Å²) in [5, 5.41) is 11.7. The Kier molecular flexibility index (Phi) is 5.02. The van der Waals surface area contributed by atoms with E-state index in [1.165, 1.54) is 11.2 Å². The molecule has 0 radical (unpaired) electrons. The third kappa shape index (κ3) is 3.46. The number of hydrogen-bond donors (Lipinski definition) is 1. The molecule has 1 aromatic heterocycles. The molecule has 7 heteroatoms. The van der Waals surface area contributed by atoms with Crippen LogP contribution in [0.2, 0.25) is 5.02 Å². The van der Waals surface area contributed by atoms with E-state index < -0.39 is 17.7 Å². The maximum Gasteiger partial charge on any atom is 0.296 e. The highest BCUT2D eigenvalue weighted by Gasteiger charge is 2.46. The van der Waals surface area contributed by atoms with E-state index in [2.05, 4.69) is 0 Å². The van der Waals surface area contributed by atoms with Crippen molar-refractivity contribution in [2.75, 3.05) is 0 Å². The summed E-state index contributed by atoms with van der Waals surface area (Å²) in [4.78, 5) is 27.5. The number of ketones is 1. The first-order chi connectivity index (χ1) is 15.4. The van der Waals surface area contributed by atoms with Gasteiger partial charge in [-0.05, 0) is 60.5 Å². The minimum absolute atomic E-state index is 0.0238. The first-order valence-electron chi connectivity index (χ1n) is 10.3. The van der Waals surface area contributed by atoms with Crippen molar-refractivity contribution in [3.63, 3.8) is 0 Å². The quantitative estimate of drug-likeness (QED) is 0.349. The van der Waals surface area contributed by atoms with Crippen LogP contribution >= 0.6 is 11.6 Å². The van der Waals surface area contributed by atoms with Gasteiger partial charge in [-0.3, -0.25) is 9.59 Å². The van der Waals surface area contributed by atoms with Crippen LogP contribution in [-0.2, 0) is 22.6 Å². The molecule has 0 aliphatic carbocycles. The molecular formula is C25H20ClNO5. The zero-order valence-corrected chi connectivity index (χ0v) is 18.0. The topological polar surface area (TPSA) is 80.0 Å². The normalized spacial score (nSPS) is 21.6. The van der Waals surface area contributed by atoms with Gasteiger partial charge in [-0.1, -0.05) is 23.7 Å². The average molecular weight is 450 g/mol. The molecule has 162 valence electrons. The number of carbonyl (C=O) groups is 2. The maximum absolute atomic E-state index is 13.1. The van der Waals surface area contributed by atoms with Gasteiger partial charge in [0.25, 0.3) is 11.7 Å². The Bertz CT molecular complexity index is 1250. The standard InChI is InChI=1S/C25H20ClNO5/c1-14-10-17-11-16(7-8-20(17)32-14)23(28)21-22(15-4-2-5-18(26)12-15)27(25(30)24(21)29)13-19-6-3-9-31-19/h2-9,11-12,14,22,28H,10,13H2,1H3/t14-,22-/m0/s1. The van der Waals surface area contributed by atoms with Crippen molar-refractivity contribution in [3.8, 4) is 5.75 Å². The van der Waals surface area contributed by atoms with E-state index in [1.807, 2.05) is 13.0 Å². The molecule has 1 saturated heterocycles. The molecule has 2 atom stereocenters. The number of ether oxygens (including phenoxy) is 1. The van der Waals surface area contributed by atoms with Gasteiger partial charge in [0.1, 0.15) is 23.4 Å². The molecule has 6 nitrogen and oxygen atoms in total. The Balaban J connectivity index is 1.64. The number of amides is 1. The van der Waals surface area contributed by atoms with Crippen LogP contribution in [0.4, 0.5) is 0 Å². The Labute approximate surface area is 189 Å². The average Bonchev–Trinajstić information content (AvgIpc) is 3.47. The molecule has 0 spiro atoms. The van der Waals surface area contributed by atoms with Crippen LogP contribution in [0.5, 0.6) is 5.75 Å². The van der Waals surface area contributed by atoms with E-state index in [4.69, 9.17) is 20.8 Å². The summed E-state index contributed by atoms with van der Waals surface area (Å²) in [7, 11) is 0. The highest BCUT2D eigenvalue weighted by atomic mass is 35.5. The summed E-state index contributed by atoms with van der Waals surface area (Å²) >= 11 is 6.21. The highest BCUT2D eigenvalue weighted by Crippen LogP contribution is 2.41. The summed E-state index contributed by atoms with van der Waals surface area (Å²) in [6.45, 7) is 2.06. The Morgan fingerprint density at radius 1 is 1.16 bits per heavy atom. The predicted molar refractivity (Wildman–Crippen MR) is 118 cm³/mol. The van der Waals surface area contributed by atoms with Crippen molar-refractivity contribution >= 4 is 29.1 Å². The monoisotopic (exact) mass is 449 g/mol. The number of aliphatic hydroxyl groups excluding tert-OH is 1. The third-order valence-corrected chi connectivity index (χ3v) is 6.02. The maximum atomic E-state index is 13.1. The molecule has 0 saturated carbocycles. The van der Waals surface area contributed by atoms with Crippen molar-refractivity contribution in [3.05, 3.63) is 93.9 Å². The van der Waals surface area contributed by atoms with Crippen molar-refractivity contribution in [2.45, 2.75) is 32.0 Å². The van der Waals surface area contributed by atoms with Gasteiger partial charge in [0, 0.05) is 17.0 Å².